The van der Waals surface area contributed by atoms with Crippen LogP contribution < -0.4 is 0 Å². The minimum atomic E-state index is -0.124. The van der Waals surface area contributed by atoms with Crippen LogP contribution in [-0.4, -0.2) is 11.4 Å². The van der Waals surface area contributed by atoms with Crippen LogP contribution in [0.4, 0.5) is 0 Å². The number of phenolic OH excluding ortho intramolecular Hbond substituents is 1. The molecule has 0 aliphatic rings. The summed E-state index contributed by atoms with van der Waals surface area (Å²) in [6.07, 6.45) is 0.840. The summed E-state index contributed by atoms with van der Waals surface area (Å²) in [5.74, 6) is 0.250. The fourth-order valence-corrected chi connectivity index (χ4v) is 1.47. The molecule has 1 aromatic carbocycles. The highest BCUT2D eigenvalue weighted by Gasteiger charge is 2.19. The molecule has 0 saturated carbocycles. The smallest absolute Gasteiger partial charge is 0.150 e. The highest BCUT2D eigenvalue weighted by atomic mass is 16.3. The van der Waals surface area contributed by atoms with Crippen molar-refractivity contribution in [1.82, 2.24) is 0 Å². The first kappa shape index (κ1) is 10.8. The fraction of sp³-hybridized carbons (Fsp3) is 0.417. The van der Waals surface area contributed by atoms with Gasteiger partial charge in [0.15, 0.2) is 0 Å². The zero-order valence-electron chi connectivity index (χ0n) is 9.09. The van der Waals surface area contributed by atoms with Gasteiger partial charge in [0.2, 0.25) is 0 Å². The van der Waals surface area contributed by atoms with Crippen molar-refractivity contribution in [3.8, 4) is 5.75 Å². The maximum Gasteiger partial charge on any atom is 0.150 e. The first-order valence-electron chi connectivity index (χ1n) is 4.65. The van der Waals surface area contributed by atoms with Gasteiger partial charge >= 0.3 is 0 Å². The molecule has 2 nitrogen and oxygen atoms in total. The second-order valence-electron chi connectivity index (χ2n) is 4.59. The van der Waals surface area contributed by atoms with Gasteiger partial charge in [-0.2, -0.15) is 0 Å². The van der Waals surface area contributed by atoms with Crippen LogP contribution >= 0.6 is 0 Å². The monoisotopic (exact) mass is 192 g/mol. The van der Waals surface area contributed by atoms with Crippen molar-refractivity contribution in [1.29, 1.82) is 0 Å². The van der Waals surface area contributed by atoms with Gasteiger partial charge in [0.1, 0.15) is 12.0 Å². The fourth-order valence-electron chi connectivity index (χ4n) is 1.47. The van der Waals surface area contributed by atoms with E-state index in [0.29, 0.717) is 5.56 Å². The molecule has 0 bridgehead atoms. The van der Waals surface area contributed by atoms with E-state index < -0.39 is 0 Å². The van der Waals surface area contributed by atoms with Gasteiger partial charge in [-0.05, 0) is 35.6 Å². The Hall–Kier alpha value is -1.31. The van der Waals surface area contributed by atoms with Crippen LogP contribution in [0.3, 0.4) is 0 Å². The molecule has 0 aliphatic heterocycles. The standard InChI is InChI=1S/C12H16O2/c1-8-5-9(7-13)10(6-11(8)14)12(2,3)4/h5-7,14H,1-4H3. The topological polar surface area (TPSA) is 37.3 Å². The SMILES string of the molecule is Cc1cc(C=O)c(C(C)(C)C)cc1O. The molecule has 0 amide bonds. The summed E-state index contributed by atoms with van der Waals surface area (Å²) in [5.41, 5.74) is 2.16. The maximum atomic E-state index is 10.9. The van der Waals surface area contributed by atoms with Gasteiger partial charge in [-0.25, -0.2) is 0 Å². The first-order valence-corrected chi connectivity index (χ1v) is 4.65. The van der Waals surface area contributed by atoms with E-state index in [-0.39, 0.29) is 11.2 Å². The molecule has 0 unspecified atom stereocenters. The third-order valence-corrected chi connectivity index (χ3v) is 2.30. The van der Waals surface area contributed by atoms with E-state index in [1.54, 1.807) is 19.1 Å². The quantitative estimate of drug-likeness (QED) is 0.695. The van der Waals surface area contributed by atoms with Crippen LogP contribution in [-0.2, 0) is 5.41 Å². The Morgan fingerprint density at radius 3 is 2.29 bits per heavy atom. The Morgan fingerprint density at radius 1 is 1.29 bits per heavy atom. The molecule has 0 saturated heterocycles. The number of carbonyl (C=O) groups is 1. The zero-order valence-corrected chi connectivity index (χ0v) is 9.09. The van der Waals surface area contributed by atoms with Gasteiger partial charge in [-0.15, -0.1) is 0 Å². The van der Waals surface area contributed by atoms with Gasteiger partial charge in [0.25, 0.3) is 0 Å². The molecule has 1 aromatic rings. The van der Waals surface area contributed by atoms with Crippen molar-refractivity contribution in [2.24, 2.45) is 0 Å². The summed E-state index contributed by atoms with van der Waals surface area (Å²) < 4.78 is 0. The molecule has 0 fully saturated rings. The lowest BCUT2D eigenvalue weighted by Gasteiger charge is -2.21. The molecule has 1 rings (SSSR count). The molecule has 0 aliphatic carbocycles. The first-order chi connectivity index (χ1) is 6.36. The van der Waals surface area contributed by atoms with E-state index >= 15 is 0 Å². The van der Waals surface area contributed by atoms with Gasteiger partial charge in [0.05, 0.1) is 0 Å². The van der Waals surface area contributed by atoms with Gasteiger partial charge in [-0.1, -0.05) is 20.8 Å². The summed E-state index contributed by atoms with van der Waals surface area (Å²) in [7, 11) is 0. The number of rotatable bonds is 1. The number of carbonyl (C=O) groups excluding carboxylic acids is 1. The molecule has 0 atom stereocenters. The summed E-state index contributed by atoms with van der Waals surface area (Å²) in [6, 6.07) is 3.40. The van der Waals surface area contributed by atoms with Gasteiger partial charge in [0, 0.05) is 5.56 Å². The predicted octanol–water partition coefficient (Wildman–Crippen LogP) is 2.81. The Morgan fingerprint density at radius 2 is 1.86 bits per heavy atom. The Labute approximate surface area is 84.6 Å². The molecule has 0 spiro atoms. The van der Waals surface area contributed by atoms with Gasteiger partial charge < -0.3 is 5.11 Å². The Kier molecular flexibility index (Phi) is 2.65. The predicted molar refractivity (Wildman–Crippen MR) is 56.9 cm³/mol. The third-order valence-electron chi connectivity index (χ3n) is 2.30. The highest BCUT2D eigenvalue weighted by Crippen LogP contribution is 2.30. The van der Waals surface area contributed by atoms with Crippen LogP contribution in [0.15, 0.2) is 12.1 Å². The van der Waals surface area contributed by atoms with Crippen LogP contribution in [0.2, 0.25) is 0 Å². The van der Waals surface area contributed by atoms with Crippen LogP contribution in [0.25, 0.3) is 0 Å². The largest absolute Gasteiger partial charge is 0.508 e. The van der Waals surface area contributed by atoms with Crippen LogP contribution in [0.5, 0.6) is 5.75 Å². The van der Waals surface area contributed by atoms with E-state index in [0.717, 1.165) is 17.4 Å². The van der Waals surface area contributed by atoms with Crippen LogP contribution in [0.1, 0.15) is 42.3 Å². The lowest BCUT2D eigenvalue weighted by molar-refractivity contribution is 0.112. The summed E-state index contributed by atoms with van der Waals surface area (Å²) in [4.78, 5) is 10.9. The lowest BCUT2D eigenvalue weighted by Crippen LogP contribution is -2.14. The van der Waals surface area contributed by atoms with Crippen LogP contribution in [0, 0.1) is 6.92 Å². The number of benzene rings is 1. The Bertz CT molecular complexity index is 359. The van der Waals surface area contributed by atoms with Crippen molar-refractivity contribution >= 4 is 6.29 Å². The number of phenols is 1. The van der Waals surface area contributed by atoms with Crippen molar-refractivity contribution in [2.45, 2.75) is 33.1 Å². The molecular weight excluding hydrogens is 176 g/mol. The minimum Gasteiger partial charge on any atom is -0.508 e. The minimum absolute atomic E-state index is 0.124. The maximum absolute atomic E-state index is 10.9. The Balaban J connectivity index is 3.42. The van der Waals surface area contributed by atoms with E-state index in [4.69, 9.17) is 0 Å². The lowest BCUT2D eigenvalue weighted by atomic mass is 9.83. The second kappa shape index (κ2) is 3.45. The molecule has 76 valence electrons. The van der Waals surface area contributed by atoms with E-state index in [9.17, 15) is 9.90 Å². The molecule has 2 heteroatoms. The number of aryl methyl sites for hydroxylation is 1. The van der Waals surface area contributed by atoms with Crippen molar-refractivity contribution in [3.63, 3.8) is 0 Å². The number of hydrogen-bond donors (Lipinski definition) is 1. The molecule has 0 radical (unpaired) electrons. The number of hydrogen-bond acceptors (Lipinski definition) is 2. The summed E-state index contributed by atoms with van der Waals surface area (Å²) in [6.45, 7) is 7.84. The average molecular weight is 192 g/mol. The summed E-state index contributed by atoms with van der Waals surface area (Å²) in [5, 5.41) is 9.57. The number of aldehydes is 1. The third kappa shape index (κ3) is 1.95. The molecule has 0 aromatic heterocycles. The molecule has 1 N–H and O–H groups in total. The average Bonchev–Trinajstić information content (AvgIpc) is 2.07. The van der Waals surface area contributed by atoms with Crippen molar-refractivity contribution < 1.29 is 9.90 Å². The zero-order chi connectivity index (χ0) is 10.9. The van der Waals surface area contributed by atoms with Gasteiger partial charge in [-0.3, -0.25) is 4.79 Å². The van der Waals surface area contributed by atoms with E-state index in [1.165, 1.54) is 0 Å². The molecule has 0 heterocycles. The van der Waals surface area contributed by atoms with Crippen molar-refractivity contribution in [3.05, 3.63) is 28.8 Å². The van der Waals surface area contributed by atoms with Crippen molar-refractivity contribution in [2.75, 3.05) is 0 Å². The molecular formula is C12H16O2. The molecule has 14 heavy (non-hydrogen) atoms. The van der Waals surface area contributed by atoms with E-state index in [1.807, 2.05) is 20.8 Å². The highest BCUT2D eigenvalue weighted by molar-refractivity contribution is 5.79. The number of aromatic hydroxyl groups is 1. The normalized spacial score (nSPS) is 11.4. The second-order valence-corrected chi connectivity index (χ2v) is 4.59. The summed E-state index contributed by atoms with van der Waals surface area (Å²) >= 11 is 0. The van der Waals surface area contributed by atoms with E-state index in [2.05, 4.69) is 0 Å².